The maximum absolute atomic E-state index is 13.1. The van der Waals surface area contributed by atoms with E-state index in [2.05, 4.69) is 21.2 Å². The first-order chi connectivity index (χ1) is 6.61. The number of nitrogens with one attached hydrogen (secondary N) is 1. The minimum atomic E-state index is -0.293. The lowest BCUT2D eigenvalue weighted by molar-refractivity contribution is 0.0338. The highest BCUT2D eigenvalue weighted by Crippen LogP contribution is 2.31. The third kappa shape index (κ3) is 1.77. The molecule has 0 aromatic heterocycles. The normalized spacial score (nSPS) is 18.8. The Morgan fingerprint density at radius 2 is 2.21 bits per heavy atom. The van der Waals surface area contributed by atoms with E-state index < -0.39 is 0 Å². The van der Waals surface area contributed by atoms with Gasteiger partial charge >= 0.3 is 0 Å². The summed E-state index contributed by atoms with van der Waals surface area (Å²) >= 11 is 3.17. The van der Waals surface area contributed by atoms with Gasteiger partial charge in [-0.15, -0.1) is 0 Å². The zero-order chi connectivity index (χ0) is 10.2. The molecule has 0 radical (unpaired) electrons. The molecule has 2 rings (SSSR count). The van der Waals surface area contributed by atoms with Crippen LogP contribution in [0, 0.1) is 5.82 Å². The monoisotopic (exact) mass is 259 g/mol. The van der Waals surface area contributed by atoms with Crippen LogP contribution in [0.2, 0.25) is 0 Å². The molecule has 4 heteroatoms. The molecular formula is C10H11BrFNO. The van der Waals surface area contributed by atoms with Crippen molar-refractivity contribution in [2.24, 2.45) is 0 Å². The van der Waals surface area contributed by atoms with Crippen LogP contribution in [0.3, 0.4) is 0 Å². The molecule has 76 valence electrons. The molecule has 0 spiro atoms. The summed E-state index contributed by atoms with van der Waals surface area (Å²) in [4.78, 5) is 0. The third-order valence-electron chi connectivity index (χ3n) is 2.27. The molecule has 1 aliphatic heterocycles. The zero-order valence-corrected chi connectivity index (χ0v) is 9.40. The summed E-state index contributed by atoms with van der Waals surface area (Å²) in [5.74, 6) is 0.271. The van der Waals surface area contributed by atoms with E-state index in [-0.39, 0.29) is 11.4 Å². The Kier molecular flexibility index (Phi) is 2.49. The lowest BCUT2D eigenvalue weighted by Gasteiger charge is -2.39. The van der Waals surface area contributed by atoms with Crippen LogP contribution in [0.15, 0.2) is 22.7 Å². The Labute approximate surface area is 90.6 Å². The van der Waals surface area contributed by atoms with Crippen LogP contribution < -0.4 is 10.1 Å². The predicted octanol–water partition coefficient (Wildman–Crippen LogP) is 2.33. The van der Waals surface area contributed by atoms with Crippen molar-refractivity contribution < 1.29 is 9.13 Å². The first kappa shape index (κ1) is 9.93. The van der Waals surface area contributed by atoms with Crippen molar-refractivity contribution in [3.05, 3.63) is 28.5 Å². The highest BCUT2D eigenvalue weighted by atomic mass is 79.9. The van der Waals surface area contributed by atoms with Crippen molar-refractivity contribution in [3.8, 4) is 5.75 Å². The first-order valence-electron chi connectivity index (χ1n) is 4.44. The molecule has 1 saturated heterocycles. The quantitative estimate of drug-likeness (QED) is 0.881. The fraction of sp³-hybridized carbons (Fsp3) is 0.400. The minimum Gasteiger partial charge on any atom is -0.484 e. The predicted molar refractivity (Wildman–Crippen MR) is 56.0 cm³/mol. The molecule has 0 amide bonds. The number of ether oxygens (including phenoxy) is 1. The van der Waals surface area contributed by atoms with Crippen LogP contribution in [-0.2, 0) is 0 Å². The van der Waals surface area contributed by atoms with Crippen molar-refractivity contribution in [2.75, 3.05) is 13.1 Å². The van der Waals surface area contributed by atoms with Crippen LogP contribution in [-0.4, -0.2) is 18.7 Å². The van der Waals surface area contributed by atoms with Gasteiger partial charge in [-0.1, -0.05) is 6.07 Å². The van der Waals surface area contributed by atoms with Gasteiger partial charge in [-0.25, -0.2) is 4.39 Å². The van der Waals surface area contributed by atoms with Gasteiger partial charge < -0.3 is 10.1 Å². The molecule has 0 aliphatic carbocycles. The molecule has 2 nitrogen and oxygen atoms in total. The molecule has 1 aromatic rings. The highest BCUT2D eigenvalue weighted by molar-refractivity contribution is 9.10. The van der Waals surface area contributed by atoms with Crippen LogP contribution in [0.25, 0.3) is 0 Å². The van der Waals surface area contributed by atoms with Crippen molar-refractivity contribution in [2.45, 2.75) is 12.5 Å². The standard InChI is InChI=1S/C10H11BrFNO/c1-10(5-13-6-10)14-8-4-2-3-7(12)9(8)11/h2-4,13H,5-6H2,1H3. The molecule has 1 aliphatic rings. The topological polar surface area (TPSA) is 21.3 Å². The fourth-order valence-corrected chi connectivity index (χ4v) is 1.72. The second-order valence-electron chi connectivity index (χ2n) is 3.71. The average molecular weight is 260 g/mol. The SMILES string of the molecule is CC1(Oc2cccc(F)c2Br)CNC1. The summed E-state index contributed by atoms with van der Waals surface area (Å²) < 4.78 is 19.2. The lowest BCUT2D eigenvalue weighted by Crippen LogP contribution is -2.61. The van der Waals surface area contributed by atoms with E-state index in [1.54, 1.807) is 12.1 Å². The van der Waals surface area contributed by atoms with Gasteiger partial charge in [0, 0.05) is 13.1 Å². The fourth-order valence-electron chi connectivity index (χ4n) is 1.38. The van der Waals surface area contributed by atoms with E-state index in [1.807, 2.05) is 6.92 Å². The third-order valence-corrected chi connectivity index (χ3v) is 3.04. The Bertz CT molecular complexity index is 352. The molecule has 14 heavy (non-hydrogen) atoms. The summed E-state index contributed by atoms with van der Waals surface area (Å²) in [6.45, 7) is 3.60. The summed E-state index contributed by atoms with van der Waals surface area (Å²) in [6, 6.07) is 4.81. The molecule has 1 aromatic carbocycles. The van der Waals surface area contributed by atoms with Gasteiger partial charge in [0.05, 0.1) is 4.47 Å². The maximum Gasteiger partial charge on any atom is 0.141 e. The molecule has 0 saturated carbocycles. The van der Waals surface area contributed by atoms with Gasteiger partial charge in [0.25, 0.3) is 0 Å². The molecule has 0 atom stereocenters. The summed E-state index contributed by atoms with van der Waals surface area (Å²) in [5, 5.41) is 3.12. The summed E-state index contributed by atoms with van der Waals surface area (Å²) in [6.07, 6.45) is 0. The number of rotatable bonds is 2. The van der Waals surface area contributed by atoms with Crippen molar-refractivity contribution in [1.82, 2.24) is 5.32 Å². The van der Waals surface area contributed by atoms with E-state index in [9.17, 15) is 4.39 Å². The number of halogens is 2. The van der Waals surface area contributed by atoms with Crippen molar-refractivity contribution in [1.29, 1.82) is 0 Å². The van der Waals surface area contributed by atoms with E-state index >= 15 is 0 Å². The number of benzene rings is 1. The van der Waals surface area contributed by atoms with Crippen LogP contribution in [0.5, 0.6) is 5.75 Å². The second kappa shape index (κ2) is 3.51. The van der Waals surface area contributed by atoms with Crippen LogP contribution in [0.1, 0.15) is 6.92 Å². The zero-order valence-electron chi connectivity index (χ0n) is 7.81. The van der Waals surface area contributed by atoms with E-state index in [4.69, 9.17) is 4.74 Å². The van der Waals surface area contributed by atoms with Crippen molar-refractivity contribution in [3.63, 3.8) is 0 Å². The molecule has 1 fully saturated rings. The average Bonchev–Trinajstić information content (AvgIpc) is 2.10. The van der Waals surface area contributed by atoms with Gasteiger partial charge in [-0.3, -0.25) is 0 Å². The molecule has 0 bridgehead atoms. The first-order valence-corrected chi connectivity index (χ1v) is 5.24. The highest BCUT2D eigenvalue weighted by Gasteiger charge is 2.34. The summed E-state index contributed by atoms with van der Waals surface area (Å²) in [5.41, 5.74) is -0.198. The second-order valence-corrected chi connectivity index (χ2v) is 4.50. The lowest BCUT2D eigenvalue weighted by atomic mass is 10.00. The maximum atomic E-state index is 13.1. The number of hydrogen-bond donors (Lipinski definition) is 1. The van der Waals surface area contributed by atoms with Crippen molar-refractivity contribution >= 4 is 15.9 Å². The Morgan fingerprint density at radius 1 is 1.50 bits per heavy atom. The van der Waals surface area contributed by atoms with Gasteiger partial charge in [-0.05, 0) is 35.0 Å². The van der Waals surface area contributed by atoms with Gasteiger partial charge in [0.1, 0.15) is 17.2 Å². The van der Waals surface area contributed by atoms with Gasteiger partial charge in [0.15, 0.2) is 0 Å². The van der Waals surface area contributed by atoms with E-state index in [0.717, 1.165) is 13.1 Å². The largest absolute Gasteiger partial charge is 0.484 e. The van der Waals surface area contributed by atoms with E-state index in [0.29, 0.717) is 10.2 Å². The minimum absolute atomic E-state index is 0.198. The summed E-state index contributed by atoms with van der Waals surface area (Å²) in [7, 11) is 0. The van der Waals surface area contributed by atoms with Crippen LogP contribution >= 0.6 is 15.9 Å². The molecule has 1 N–H and O–H groups in total. The Hall–Kier alpha value is -0.610. The smallest absolute Gasteiger partial charge is 0.141 e. The Morgan fingerprint density at radius 3 is 2.79 bits per heavy atom. The van der Waals surface area contributed by atoms with Gasteiger partial charge in [-0.2, -0.15) is 0 Å². The van der Waals surface area contributed by atoms with Gasteiger partial charge in [0.2, 0.25) is 0 Å². The number of hydrogen-bond acceptors (Lipinski definition) is 2. The molecule has 0 unspecified atom stereocenters. The van der Waals surface area contributed by atoms with E-state index in [1.165, 1.54) is 6.07 Å². The van der Waals surface area contributed by atoms with Crippen LogP contribution in [0.4, 0.5) is 4.39 Å². The Balaban J connectivity index is 2.20. The molecular weight excluding hydrogens is 249 g/mol. The molecule has 1 heterocycles.